The van der Waals surface area contributed by atoms with E-state index in [2.05, 4.69) is 5.32 Å². The van der Waals surface area contributed by atoms with Crippen molar-refractivity contribution < 1.29 is 19.4 Å². The summed E-state index contributed by atoms with van der Waals surface area (Å²) in [7, 11) is 0. The molecule has 1 fully saturated rings. The highest BCUT2D eigenvalue weighted by molar-refractivity contribution is 5.94. The second kappa shape index (κ2) is 8.67. The summed E-state index contributed by atoms with van der Waals surface area (Å²) in [5.41, 5.74) is 0.661. The van der Waals surface area contributed by atoms with Crippen LogP contribution < -0.4 is 10.1 Å². The monoisotopic (exact) mass is 319 g/mol. The van der Waals surface area contributed by atoms with E-state index < -0.39 is 0 Å². The van der Waals surface area contributed by atoms with Crippen molar-refractivity contribution in [3.8, 4) is 5.75 Å². The first-order chi connectivity index (χ1) is 11.0. The van der Waals surface area contributed by atoms with Crippen molar-refractivity contribution >= 4 is 11.7 Å². The van der Waals surface area contributed by atoms with Crippen molar-refractivity contribution in [1.82, 2.24) is 5.32 Å². The number of Topliss-reactive ketones (excluding diaryl/α,β-unsaturated/α-hetero) is 1. The molecule has 0 unspecified atom stereocenters. The second-order valence-electron chi connectivity index (χ2n) is 6.11. The van der Waals surface area contributed by atoms with Crippen LogP contribution in [-0.2, 0) is 4.79 Å². The van der Waals surface area contributed by atoms with Crippen LogP contribution in [0.25, 0.3) is 0 Å². The van der Waals surface area contributed by atoms with E-state index in [-0.39, 0.29) is 23.8 Å². The highest BCUT2D eigenvalue weighted by atomic mass is 16.5. The Morgan fingerprint density at radius 2 is 1.83 bits per heavy atom. The predicted octanol–water partition coefficient (Wildman–Crippen LogP) is 2.47. The van der Waals surface area contributed by atoms with E-state index in [0.29, 0.717) is 30.8 Å². The van der Waals surface area contributed by atoms with E-state index in [4.69, 9.17) is 4.74 Å². The van der Waals surface area contributed by atoms with Crippen molar-refractivity contribution in [2.45, 2.75) is 57.6 Å². The van der Waals surface area contributed by atoms with Gasteiger partial charge in [0.15, 0.2) is 5.78 Å². The summed E-state index contributed by atoms with van der Waals surface area (Å²) >= 11 is 0. The van der Waals surface area contributed by atoms with Gasteiger partial charge in [-0.2, -0.15) is 0 Å². The van der Waals surface area contributed by atoms with E-state index >= 15 is 0 Å². The van der Waals surface area contributed by atoms with Crippen molar-refractivity contribution in [3.63, 3.8) is 0 Å². The van der Waals surface area contributed by atoms with Crippen molar-refractivity contribution in [1.29, 1.82) is 0 Å². The molecule has 1 amide bonds. The number of aliphatic hydroxyl groups is 1. The van der Waals surface area contributed by atoms with E-state index in [1.54, 1.807) is 24.3 Å². The first-order valence-corrected chi connectivity index (χ1v) is 8.26. The van der Waals surface area contributed by atoms with Crippen LogP contribution in [0.5, 0.6) is 5.75 Å². The van der Waals surface area contributed by atoms with Gasteiger partial charge in [-0.05, 0) is 63.3 Å². The van der Waals surface area contributed by atoms with Crippen LogP contribution in [0.3, 0.4) is 0 Å². The largest absolute Gasteiger partial charge is 0.494 e. The standard InChI is InChI=1S/C18H25NO4/c1-13(20)14-4-10-17(11-5-14)23-12-2-3-18(22)19-15-6-8-16(21)9-7-15/h4-5,10-11,15-16,21H,2-3,6-9,12H2,1H3,(H,19,22). The minimum Gasteiger partial charge on any atom is -0.494 e. The van der Waals surface area contributed by atoms with Gasteiger partial charge in [0.05, 0.1) is 12.7 Å². The Balaban J connectivity index is 1.61. The normalized spacial score (nSPS) is 20.8. The Labute approximate surface area is 137 Å². The Hall–Kier alpha value is -1.88. The maximum atomic E-state index is 11.9. The molecule has 0 spiro atoms. The molecule has 1 aromatic rings. The van der Waals surface area contributed by atoms with Crippen LogP contribution in [0.2, 0.25) is 0 Å². The number of ether oxygens (including phenoxy) is 1. The van der Waals surface area contributed by atoms with Crippen LogP contribution >= 0.6 is 0 Å². The maximum absolute atomic E-state index is 11.9. The summed E-state index contributed by atoms with van der Waals surface area (Å²) in [6.07, 6.45) is 4.12. The summed E-state index contributed by atoms with van der Waals surface area (Å²) < 4.78 is 5.57. The smallest absolute Gasteiger partial charge is 0.220 e. The number of aliphatic hydroxyl groups excluding tert-OH is 1. The molecule has 5 heteroatoms. The lowest BCUT2D eigenvalue weighted by atomic mass is 9.93. The predicted molar refractivity (Wildman–Crippen MR) is 87.6 cm³/mol. The summed E-state index contributed by atoms with van der Waals surface area (Å²) in [5.74, 6) is 0.780. The van der Waals surface area contributed by atoms with Gasteiger partial charge in [0.2, 0.25) is 5.91 Å². The number of ketones is 1. The number of hydrogen-bond acceptors (Lipinski definition) is 4. The van der Waals surface area contributed by atoms with Crippen LogP contribution in [0.15, 0.2) is 24.3 Å². The number of benzene rings is 1. The molecule has 2 N–H and O–H groups in total. The Morgan fingerprint density at radius 1 is 1.17 bits per heavy atom. The van der Waals surface area contributed by atoms with Gasteiger partial charge in [-0.3, -0.25) is 9.59 Å². The van der Waals surface area contributed by atoms with Gasteiger partial charge in [-0.25, -0.2) is 0 Å². The first-order valence-electron chi connectivity index (χ1n) is 8.26. The average Bonchev–Trinajstić information content (AvgIpc) is 2.54. The number of amides is 1. The summed E-state index contributed by atoms with van der Waals surface area (Å²) in [6.45, 7) is 2.00. The van der Waals surface area contributed by atoms with Gasteiger partial charge >= 0.3 is 0 Å². The molecule has 2 rings (SSSR count). The number of carbonyl (C=O) groups is 2. The lowest BCUT2D eigenvalue weighted by Crippen LogP contribution is -2.38. The Bertz CT molecular complexity index is 518. The summed E-state index contributed by atoms with van der Waals surface area (Å²) in [5, 5.41) is 12.5. The molecule has 126 valence electrons. The molecular formula is C18H25NO4. The minimum atomic E-state index is -0.203. The SMILES string of the molecule is CC(=O)c1ccc(OCCCC(=O)NC2CCC(O)CC2)cc1. The molecule has 0 bridgehead atoms. The minimum absolute atomic E-state index is 0.0310. The molecule has 5 nitrogen and oxygen atoms in total. The second-order valence-corrected chi connectivity index (χ2v) is 6.11. The number of rotatable bonds is 7. The molecule has 0 saturated heterocycles. The third kappa shape index (κ3) is 6.02. The molecule has 1 aromatic carbocycles. The number of carbonyl (C=O) groups excluding carboxylic acids is 2. The van der Waals surface area contributed by atoms with E-state index in [1.165, 1.54) is 6.92 Å². The third-order valence-corrected chi connectivity index (χ3v) is 4.14. The molecule has 0 atom stereocenters. The van der Waals surface area contributed by atoms with Crippen LogP contribution in [-0.4, -0.2) is 35.5 Å². The molecular weight excluding hydrogens is 294 g/mol. The van der Waals surface area contributed by atoms with Gasteiger partial charge in [0.1, 0.15) is 5.75 Å². The van der Waals surface area contributed by atoms with Gasteiger partial charge in [0, 0.05) is 18.0 Å². The summed E-state index contributed by atoms with van der Waals surface area (Å²) in [4.78, 5) is 23.0. The molecule has 1 saturated carbocycles. The lowest BCUT2D eigenvalue weighted by molar-refractivity contribution is -0.122. The lowest BCUT2D eigenvalue weighted by Gasteiger charge is -2.26. The summed E-state index contributed by atoms with van der Waals surface area (Å²) in [6, 6.07) is 7.21. The van der Waals surface area contributed by atoms with Crippen molar-refractivity contribution in [2.75, 3.05) is 6.61 Å². The quantitative estimate of drug-likeness (QED) is 0.598. The highest BCUT2D eigenvalue weighted by Gasteiger charge is 2.20. The van der Waals surface area contributed by atoms with Crippen molar-refractivity contribution in [2.24, 2.45) is 0 Å². The molecule has 0 aromatic heterocycles. The van der Waals surface area contributed by atoms with E-state index in [1.807, 2.05) is 0 Å². The topological polar surface area (TPSA) is 75.6 Å². The molecule has 1 aliphatic carbocycles. The van der Waals surface area contributed by atoms with E-state index in [9.17, 15) is 14.7 Å². The van der Waals surface area contributed by atoms with Gasteiger partial charge in [0.25, 0.3) is 0 Å². The van der Waals surface area contributed by atoms with Gasteiger partial charge in [-0.1, -0.05) is 0 Å². The maximum Gasteiger partial charge on any atom is 0.220 e. The van der Waals surface area contributed by atoms with Crippen LogP contribution in [0.4, 0.5) is 0 Å². The Kier molecular flexibility index (Phi) is 6.59. The van der Waals surface area contributed by atoms with Gasteiger partial charge in [-0.15, -0.1) is 0 Å². The molecule has 0 radical (unpaired) electrons. The van der Waals surface area contributed by atoms with Gasteiger partial charge < -0.3 is 15.2 Å². The number of nitrogens with one attached hydrogen (secondary N) is 1. The average molecular weight is 319 g/mol. The third-order valence-electron chi connectivity index (χ3n) is 4.14. The highest BCUT2D eigenvalue weighted by Crippen LogP contribution is 2.18. The van der Waals surface area contributed by atoms with Crippen molar-refractivity contribution in [3.05, 3.63) is 29.8 Å². The fourth-order valence-electron chi connectivity index (χ4n) is 2.73. The molecule has 1 aliphatic rings. The molecule has 0 aliphatic heterocycles. The zero-order chi connectivity index (χ0) is 16.7. The van der Waals surface area contributed by atoms with E-state index in [0.717, 1.165) is 25.7 Å². The van der Waals surface area contributed by atoms with Crippen LogP contribution in [0.1, 0.15) is 55.8 Å². The Morgan fingerprint density at radius 3 is 2.43 bits per heavy atom. The zero-order valence-corrected chi connectivity index (χ0v) is 13.6. The first kappa shape index (κ1) is 17.5. The zero-order valence-electron chi connectivity index (χ0n) is 13.6. The molecule has 23 heavy (non-hydrogen) atoms. The number of hydrogen-bond donors (Lipinski definition) is 2. The molecule has 0 heterocycles. The fraction of sp³-hybridized carbons (Fsp3) is 0.556. The van der Waals surface area contributed by atoms with Crippen LogP contribution in [0, 0.1) is 0 Å². The fourth-order valence-corrected chi connectivity index (χ4v) is 2.73.